The molecule has 0 radical (unpaired) electrons. The van der Waals surface area contributed by atoms with Crippen molar-refractivity contribution in [3.8, 4) is 0 Å². The van der Waals surface area contributed by atoms with Gasteiger partial charge in [-0.2, -0.15) is 0 Å². The van der Waals surface area contributed by atoms with Gasteiger partial charge in [0, 0.05) is 30.0 Å². The molecule has 1 aliphatic heterocycles. The van der Waals surface area contributed by atoms with E-state index < -0.39 is 11.9 Å². The van der Waals surface area contributed by atoms with Gasteiger partial charge < -0.3 is 20.5 Å². The Labute approximate surface area is 151 Å². The molecule has 7 heteroatoms. The monoisotopic (exact) mass is 372 g/mol. The number of piperidine rings is 1. The maximum absolute atomic E-state index is 12.6. The number of rotatable bonds is 3. The predicted octanol–water partition coefficient (Wildman–Crippen LogP) is 1.37. The van der Waals surface area contributed by atoms with Crippen LogP contribution in [0.1, 0.15) is 61.3 Å². The Hall–Kier alpha value is -1.30. The smallest absolute Gasteiger partial charge is 0.252 e. The summed E-state index contributed by atoms with van der Waals surface area (Å²) >= 11 is 11.8. The number of carbonyl (C=O) groups excluding carboxylic acids is 2. The van der Waals surface area contributed by atoms with E-state index in [4.69, 9.17) is 23.2 Å². The molecule has 132 valence electrons. The number of benzene rings is 1. The molecule has 3 N–H and O–H groups in total. The van der Waals surface area contributed by atoms with Gasteiger partial charge in [0.1, 0.15) is 0 Å². The van der Waals surface area contributed by atoms with Crippen LogP contribution in [0, 0.1) is 0 Å². The Morgan fingerprint density at radius 1 is 1.08 bits per heavy atom. The predicted molar refractivity (Wildman–Crippen MR) is 91.4 cm³/mol. The van der Waals surface area contributed by atoms with E-state index in [1.54, 1.807) is 0 Å². The molecule has 24 heavy (non-hydrogen) atoms. The number of aromatic carboxylic acids is 1. The molecule has 0 bridgehead atoms. The van der Waals surface area contributed by atoms with E-state index in [2.05, 4.69) is 38.3 Å². The van der Waals surface area contributed by atoms with Gasteiger partial charge in [0.2, 0.25) is 0 Å². The summed E-state index contributed by atoms with van der Waals surface area (Å²) < 4.78 is 0. The van der Waals surface area contributed by atoms with Crippen molar-refractivity contribution in [3.05, 3.63) is 33.3 Å². The van der Waals surface area contributed by atoms with Gasteiger partial charge in [0.15, 0.2) is 0 Å². The van der Waals surface area contributed by atoms with E-state index in [0.717, 1.165) is 18.9 Å². The molecule has 2 rings (SSSR count). The third kappa shape index (κ3) is 4.41. The fourth-order valence-corrected chi connectivity index (χ4v) is 4.11. The zero-order valence-electron chi connectivity index (χ0n) is 14.2. The van der Waals surface area contributed by atoms with Crippen LogP contribution in [0.2, 0.25) is 10.0 Å². The number of carboxylic acids is 1. The van der Waals surface area contributed by atoms with Crippen LogP contribution in [0.25, 0.3) is 0 Å². The number of carbonyl (C=O) groups is 2. The van der Waals surface area contributed by atoms with Crippen molar-refractivity contribution in [2.75, 3.05) is 0 Å². The van der Waals surface area contributed by atoms with Gasteiger partial charge in [0.05, 0.1) is 27.1 Å². The summed E-state index contributed by atoms with van der Waals surface area (Å²) in [5.74, 6) is -1.94. The van der Waals surface area contributed by atoms with Crippen molar-refractivity contribution < 1.29 is 20.0 Å². The SMILES string of the molecule is CC1(C)CC(NC(=O)c2cc(Cl)c(Cl)cc2C(=O)[O-])CC(C)(C)[NH2+]1. The highest BCUT2D eigenvalue weighted by atomic mass is 35.5. The number of quaternary nitrogens is 1. The minimum Gasteiger partial charge on any atom is -0.545 e. The second kappa shape index (κ2) is 6.54. The Kier molecular flexibility index (Phi) is 5.19. The number of hydrogen-bond donors (Lipinski definition) is 2. The first-order valence-electron chi connectivity index (χ1n) is 7.78. The third-order valence-corrected chi connectivity index (χ3v) is 4.91. The van der Waals surface area contributed by atoms with E-state index in [0.29, 0.717) is 0 Å². The zero-order valence-corrected chi connectivity index (χ0v) is 15.7. The molecule has 0 atom stereocenters. The average molecular weight is 373 g/mol. The van der Waals surface area contributed by atoms with Crippen molar-refractivity contribution in [1.82, 2.24) is 5.32 Å². The molecule has 0 saturated carbocycles. The normalized spacial score (nSPS) is 19.8. The second-order valence-corrected chi connectivity index (χ2v) is 8.61. The lowest BCUT2D eigenvalue weighted by atomic mass is 9.79. The van der Waals surface area contributed by atoms with Crippen LogP contribution in [0.3, 0.4) is 0 Å². The number of hydrogen-bond acceptors (Lipinski definition) is 3. The molecule has 1 saturated heterocycles. The first-order valence-corrected chi connectivity index (χ1v) is 8.54. The quantitative estimate of drug-likeness (QED) is 0.839. The van der Waals surface area contributed by atoms with Crippen LogP contribution in [0.4, 0.5) is 0 Å². The Balaban J connectivity index is 2.27. The van der Waals surface area contributed by atoms with Gasteiger partial charge in [-0.1, -0.05) is 23.2 Å². The number of nitrogens with one attached hydrogen (secondary N) is 1. The van der Waals surface area contributed by atoms with E-state index in [9.17, 15) is 14.7 Å². The number of halogens is 2. The van der Waals surface area contributed by atoms with E-state index in [-0.39, 0.29) is 38.3 Å². The molecule has 1 aromatic carbocycles. The van der Waals surface area contributed by atoms with Gasteiger partial charge in [-0.25, -0.2) is 0 Å². The van der Waals surface area contributed by atoms with Crippen molar-refractivity contribution in [3.63, 3.8) is 0 Å². The van der Waals surface area contributed by atoms with Crippen molar-refractivity contribution >= 4 is 35.1 Å². The standard InChI is InChI=1S/C17H22Cl2N2O3/c1-16(2)7-9(8-17(3,4)21-16)20-14(22)10-5-12(18)13(19)6-11(10)15(23)24/h5-6,9,21H,7-8H2,1-4H3,(H,20,22)(H,23,24). The number of carboxylic acid groups (broad SMARTS) is 1. The Morgan fingerprint density at radius 2 is 1.54 bits per heavy atom. The molecule has 1 amide bonds. The summed E-state index contributed by atoms with van der Waals surface area (Å²) in [7, 11) is 0. The highest BCUT2D eigenvalue weighted by molar-refractivity contribution is 6.42. The molecular weight excluding hydrogens is 351 g/mol. The average Bonchev–Trinajstić information content (AvgIpc) is 2.37. The summed E-state index contributed by atoms with van der Waals surface area (Å²) in [5.41, 5.74) is -0.333. The largest absolute Gasteiger partial charge is 0.545 e. The minimum absolute atomic E-state index is 0.0193. The molecule has 1 aliphatic rings. The summed E-state index contributed by atoms with van der Waals surface area (Å²) in [6.45, 7) is 8.50. The van der Waals surface area contributed by atoms with Gasteiger partial charge in [0.25, 0.3) is 5.91 Å². The number of amides is 1. The fraction of sp³-hybridized carbons (Fsp3) is 0.529. The summed E-state index contributed by atoms with van der Waals surface area (Å²) in [4.78, 5) is 23.9. The van der Waals surface area contributed by atoms with Crippen LogP contribution in [0.5, 0.6) is 0 Å². The molecule has 1 aromatic rings. The Morgan fingerprint density at radius 3 is 2.00 bits per heavy atom. The topological polar surface area (TPSA) is 85.8 Å². The van der Waals surface area contributed by atoms with Gasteiger partial charge in [-0.05, 0) is 39.8 Å². The summed E-state index contributed by atoms with van der Waals surface area (Å²) in [6.07, 6.45) is 1.56. The lowest BCUT2D eigenvalue weighted by molar-refractivity contribution is -0.787. The lowest BCUT2D eigenvalue weighted by Gasteiger charge is -2.43. The molecule has 0 spiro atoms. The summed E-state index contributed by atoms with van der Waals surface area (Å²) in [5, 5.41) is 16.7. The highest BCUT2D eigenvalue weighted by Gasteiger charge is 2.42. The van der Waals surface area contributed by atoms with E-state index >= 15 is 0 Å². The van der Waals surface area contributed by atoms with Gasteiger partial charge in [-0.15, -0.1) is 0 Å². The van der Waals surface area contributed by atoms with E-state index in [1.165, 1.54) is 6.07 Å². The van der Waals surface area contributed by atoms with Crippen LogP contribution in [0.15, 0.2) is 12.1 Å². The number of nitrogens with two attached hydrogens (primary N) is 1. The molecule has 1 fully saturated rings. The van der Waals surface area contributed by atoms with Crippen LogP contribution < -0.4 is 15.7 Å². The first kappa shape index (κ1) is 19.0. The van der Waals surface area contributed by atoms with Crippen LogP contribution in [-0.2, 0) is 0 Å². The van der Waals surface area contributed by atoms with Crippen molar-refractivity contribution in [2.24, 2.45) is 0 Å². The Bertz CT molecular complexity index is 671. The van der Waals surface area contributed by atoms with Crippen LogP contribution in [-0.4, -0.2) is 29.0 Å². The molecular formula is C17H22Cl2N2O3. The zero-order chi connectivity index (χ0) is 18.3. The third-order valence-electron chi connectivity index (χ3n) is 4.19. The first-order chi connectivity index (χ1) is 10.9. The minimum atomic E-state index is -1.46. The molecule has 5 nitrogen and oxygen atoms in total. The lowest BCUT2D eigenvalue weighted by Crippen LogP contribution is -3.06. The van der Waals surface area contributed by atoms with Crippen molar-refractivity contribution in [2.45, 2.75) is 57.7 Å². The fourth-order valence-electron chi connectivity index (χ4n) is 3.79. The van der Waals surface area contributed by atoms with Crippen molar-refractivity contribution in [1.29, 1.82) is 0 Å². The molecule has 1 heterocycles. The van der Waals surface area contributed by atoms with E-state index in [1.807, 2.05) is 0 Å². The maximum Gasteiger partial charge on any atom is 0.252 e. The van der Waals surface area contributed by atoms with Gasteiger partial charge in [-0.3, -0.25) is 4.79 Å². The molecule has 0 aliphatic carbocycles. The second-order valence-electron chi connectivity index (χ2n) is 7.80. The highest BCUT2D eigenvalue weighted by Crippen LogP contribution is 2.27. The molecule has 0 aromatic heterocycles. The summed E-state index contributed by atoms with van der Waals surface area (Å²) in [6, 6.07) is 2.36. The maximum atomic E-state index is 12.6. The molecule has 0 unspecified atom stereocenters. The van der Waals surface area contributed by atoms with Gasteiger partial charge >= 0.3 is 0 Å². The van der Waals surface area contributed by atoms with Crippen LogP contribution >= 0.6 is 23.2 Å².